The van der Waals surface area contributed by atoms with E-state index in [4.69, 9.17) is 5.21 Å². The zero-order valence-electron chi connectivity index (χ0n) is 3.35. The molecule has 0 bridgehead atoms. The van der Waals surface area contributed by atoms with Crippen LogP contribution in [0.1, 0.15) is 0 Å². The van der Waals surface area contributed by atoms with E-state index in [9.17, 15) is 5.21 Å². The van der Waals surface area contributed by atoms with E-state index < -0.39 is 0 Å². The highest BCUT2D eigenvalue weighted by Gasteiger charge is 1.90. The lowest BCUT2D eigenvalue weighted by Gasteiger charge is -1.86. The molecule has 0 atom stereocenters. The smallest absolute Gasteiger partial charge is 0.269 e. The van der Waals surface area contributed by atoms with Crippen molar-refractivity contribution in [1.29, 1.82) is 0 Å². The van der Waals surface area contributed by atoms with Crippen molar-refractivity contribution in [1.82, 2.24) is 9.94 Å². The molecule has 7 heavy (non-hydrogen) atoms. The molecule has 0 spiro atoms. The molecule has 5 heteroatoms. The maximum atomic E-state index is 9.96. The molecular formula is C2H3N3O2. The van der Waals surface area contributed by atoms with Gasteiger partial charge in [0.25, 0.3) is 12.7 Å². The van der Waals surface area contributed by atoms with Gasteiger partial charge in [0.05, 0.1) is 9.94 Å². The van der Waals surface area contributed by atoms with Gasteiger partial charge in [-0.05, 0) is 0 Å². The van der Waals surface area contributed by atoms with Gasteiger partial charge in [-0.2, -0.15) is 0 Å². The molecule has 0 aliphatic rings. The number of hydrogen-bond donors (Lipinski definition) is 1. The van der Waals surface area contributed by atoms with Gasteiger partial charge in [-0.25, -0.2) is 4.73 Å². The second-order valence-corrected chi connectivity index (χ2v) is 1.03. The highest BCUT2D eigenvalue weighted by Crippen LogP contribution is 1.61. The average Bonchev–Trinajstić information content (AvgIpc) is 1.87. The van der Waals surface area contributed by atoms with Crippen molar-refractivity contribution >= 4 is 0 Å². The minimum atomic E-state index is 0.389. The van der Waals surface area contributed by atoms with Gasteiger partial charge in [-0.15, -0.1) is 0 Å². The predicted molar refractivity (Wildman–Crippen MR) is 18.4 cm³/mol. The fourth-order valence-electron chi connectivity index (χ4n) is 0.265. The van der Waals surface area contributed by atoms with E-state index in [-0.39, 0.29) is 0 Å². The summed E-state index contributed by atoms with van der Waals surface area (Å²) in [6.07, 6.45) is 1.83. The van der Waals surface area contributed by atoms with Crippen LogP contribution in [0.5, 0.6) is 0 Å². The third-order valence-electron chi connectivity index (χ3n) is 0.501. The van der Waals surface area contributed by atoms with Crippen LogP contribution in [0, 0.1) is 5.21 Å². The maximum Gasteiger partial charge on any atom is 0.269 e. The third kappa shape index (κ3) is 0.594. The van der Waals surface area contributed by atoms with Crippen LogP contribution in [0.4, 0.5) is 0 Å². The molecule has 1 heterocycles. The minimum Gasteiger partial charge on any atom is -0.740 e. The molecule has 0 amide bonds. The van der Waals surface area contributed by atoms with Gasteiger partial charge in [0, 0.05) is 0 Å². The van der Waals surface area contributed by atoms with E-state index in [2.05, 4.69) is 5.10 Å². The summed E-state index contributed by atoms with van der Waals surface area (Å²) in [5.41, 5.74) is 0. The van der Waals surface area contributed by atoms with E-state index in [0.29, 0.717) is 9.58 Å². The molecular weight excluding hydrogens is 98.0 g/mol. The Morgan fingerprint density at radius 3 is 2.71 bits per heavy atom. The van der Waals surface area contributed by atoms with Crippen molar-refractivity contribution in [3.05, 3.63) is 17.9 Å². The molecule has 5 nitrogen and oxygen atoms in total. The van der Waals surface area contributed by atoms with Crippen molar-refractivity contribution in [2.75, 3.05) is 0 Å². The van der Waals surface area contributed by atoms with E-state index in [0.717, 1.165) is 12.7 Å². The first-order valence-corrected chi connectivity index (χ1v) is 1.62. The lowest BCUT2D eigenvalue weighted by Crippen LogP contribution is -2.21. The molecule has 0 aliphatic heterocycles. The van der Waals surface area contributed by atoms with Gasteiger partial charge in [-0.3, -0.25) is 0 Å². The van der Waals surface area contributed by atoms with Gasteiger partial charge in [0.15, 0.2) is 0 Å². The van der Waals surface area contributed by atoms with Crippen molar-refractivity contribution in [2.24, 2.45) is 0 Å². The third-order valence-corrected chi connectivity index (χ3v) is 0.501. The van der Waals surface area contributed by atoms with Crippen molar-refractivity contribution < 1.29 is 9.94 Å². The van der Waals surface area contributed by atoms with Crippen LogP contribution >= 0.6 is 0 Å². The largest absolute Gasteiger partial charge is 0.740 e. The predicted octanol–water partition coefficient (Wildman–Crippen LogP) is -1.25. The Hall–Kier alpha value is -1.26. The Labute approximate surface area is 39.0 Å². The van der Waals surface area contributed by atoms with Crippen LogP contribution in [0.25, 0.3) is 0 Å². The SMILES string of the molecule is [O-][n+]1cnn(O)c1. The molecule has 0 aromatic carbocycles. The highest BCUT2D eigenvalue weighted by atomic mass is 16.5. The fraction of sp³-hybridized carbons (Fsp3) is 0. The zero-order chi connectivity index (χ0) is 5.28. The van der Waals surface area contributed by atoms with Crippen molar-refractivity contribution in [3.63, 3.8) is 0 Å². The molecule has 1 N–H and O–H groups in total. The molecule has 0 saturated heterocycles. The Bertz CT molecular complexity index is 143. The second kappa shape index (κ2) is 1.11. The van der Waals surface area contributed by atoms with E-state index in [1.807, 2.05) is 0 Å². The first-order chi connectivity index (χ1) is 3.29. The first kappa shape index (κ1) is 3.91. The minimum absolute atomic E-state index is 0.389. The quantitative estimate of drug-likeness (QED) is 0.252. The van der Waals surface area contributed by atoms with Crippen molar-refractivity contribution in [2.45, 2.75) is 0 Å². The molecule has 0 fully saturated rings. The normalized spacial score (nSPS) is 9.14. The number of rotatable bonds is 0. The summed E-state index contributed by atoms with van der Waals surface area (Å²) >= 11 is 0. The summed E-state index contributed by atoms with van der Waals surface area (Å²) in [6.45, 7) is 0. The van der Waals surface area contributed by atoms with Crippen LogP contribution in [-0.4, -0.2) is 15.2 Å². The van der Waals surface area contributed by atoms with Crippen LogP contribution in [0.15, 0.2) is 12.7 Å². The molecule has 0 unspecified atom stereocenters. The van der Waals surface area contributed by atoms with E-state index in [1.165, 1.54) is 0 Å². The van der Waals surface area contributed by atoms with Crippen LogP contribution in [0.2, 0.25) is 0 Å². The van der Waals surface area contributed by atoms with Crippen LogP contribution in [0.3, 0.4) is 0 Å². The van der Waals surface area contributed by atoms with Gasteiger partial charge in [0.1, 0.15) is 0 Å². The molecule has 1 rings (SSSR count). The molecule has 0 aliphatic carbocycles. The van der Waals surface area contributed by atoms with Gasteiger partial charge in [0.2, 0.25) is 0 Å². The van der Waals surface area contributed by atoms with Gasteiger partial charge < -0.3 is 10.4 Å². The summed E-state index contributed by atoms with van der Waals surface area (Å²) < 4.78 is 0.389. The summed E-state index contributed by atoms with van der Waals surface area (Å²) in [7, 11) is 0. The fourth-order valence-corrected chi connectivity index (χ4v) is 0.265. The lowest BCUT2D eigenvalue weighted by atomic mass is 11.3. The molecule has 38 valence electrons. The lowest BCUT2D eigenvalue weighted by molar-refractivity contribution is -0.607. The van der Waals surface area contributed by atoms with Crippen LogP contribution in [-0.2, 0) is 0 Å². The summed E-state index contributed by atoms with van der Waals surface area (Å²) in [5, 5.41) is 21.3. The number of nitrogens with zero attached hydrogens (tertiary/aromatic N) is 3. The van der Waals surface area contributed by atoms with E-state index in [1.54, 1.807) is 0 Å². The molecule has 1 aromatic heterocycles. The standard InChI is InChI=1S/C2H3N3O2/c6-4-1-3-5(7)2-4/h1-2,7H. The molecule has 0 saturated carbocycles. The second-order valence-electron chi connectivity index (χ2n) is 1.03. The van der Waals surface area contributed by atoms with Gasteiger partial charge in [-0.1, -0.05) is 0 Å². The first-order valence-electron chi connectivity index (χ1n) is 1.62. The molecule has 1 aromatic rings. The number of hydrogen-bond acceptors (Lipinski definition) is 3. The maximum absolute atomic E-state index is 9.96. The van der Waals surface area contributed by atoms with Crippen LogP contribution < -0.4 is 4.73 Å². The Kier molecular flexibility index (Phi) is 0.619. The number of aromatic nitrogens is 3. The highest BCUT2D eigenvalue weighted by molar-refractivity contribution is 4.33. The average molecular weight is 101 g/mol. The van der Waals surface area contributed by atoms with E-state index >= 15 is 0 Å². The molecule has 0 radical (unpaired) electrons. The summed E-state index contributed by atoms with van der Waals surface area (Å²) in [5.74, 6) is 0. The topological polar surface area (TPSA) is 65.0 Å². The monoisotopic (exact) mass is 101 g/mol. The Balaban J connectivity index is 3.04. The summed E-state index contributed by atoms with van der Waals surface area (Å²) in [6, 6.07) is 0. The summed E-state index contributed by atoms with van der Waals surface area (Å²) in [4.78, 5) is 0.438. The Morgan fingerprint density at radius 2 is 2.57 bits per heavy atom. The van der Waals surface area contributed by atoms with Crippen molar-refractivity contribution in [3.8, 4) is 0 Å². The Morgan fingerprint density at radius 1 is 1.86 bits per heavy atom. The van der Waals surface area contributed by atoms with Gasteiger partial charge >= 0.3 is 0 Å². The zero-order valence-corrected chi connectivity index (χ0v) is 3.35.